The molecule has 0 bridgehead atoms. The molecule has 178 valence electrons. The van der Waals surface area contributed by atoms with Crippen LogP contribution in [-0.4, -0.2) is 29.0 Å². The van der Waals surface area contributed by atoms with Crippen molar-refractivity contribution in [1.82, 2.24) is 4.98 Å². The van der Waals surface area contributed by atoms with Crippen molar-refractivity contribution in [2.24, 2.45) is 0 Å². The Morgan fingerprint density at radius 3 is 2.43 bits per heavy atom. The molecule has 1 fully saturated rings. The third-order valence-electron chi connectivity index (χ3n) is 6.75. The maximum atomic E-state index is 13.2. The van der Waals surface area contributed by atoms with Crippen LogP contribution >= 0.6 is 0 Å². The molecule has 0 aliphatic carbocycles. The Balaban J connectivity index is 1.22. The van der Waals surface area contributed by atoms with Gasteiger partial charge in [-0.1, -0.05) is 36.4 Å². The minimum atomic E-state index is -0.806. The molecule has 0 spiro atoms. The Kier molecular flexibility index (Phi) is 6.22. The van der Waals surface area contributed by atoms with E-state index in [0.29, 0.717) is 43.0 Å². The molecule has 1 aliphatic heterocycles. The van der Waals surface area contributed by atoms with Gasteiger partial charge in [0, 0.05) is 31.3 Å². The smallest absolute Gasteiger partial charge is 0.170 e. The number of aryl methyl sites for hydroxylation is 1. The lowest BCUT2D eigenvalue weighted by Crippen LogP contribution is -2.42. The summed E-state index contributed by atoms with van der Waals surface area (Å²) in [6, 6.07) is 21.4. The maximum absolute atomic E-state index is 13.2. The van der Waals surface area contributed by atoms with Crippen LogP contribution < -0.4 is 4.90 Å². The number of aliphatic hydroxyl groups is 1. The summed E-state index contributed by atoms with van der Waals surface area (Å²) in [5.41, 5.74) is 2.21. The highest BCUT2D eigenvalue weighted by molar-refractivity contribution is 5.99. The first-order valence-corrected chi connectivity index (χ1v) is 11.8. The number of furan rings is 1. The number of carbonyl (C=O) groups is 1. The molecule has 2 aromatic heterocycles. The van der Waals surface area contributed by atoms with E-state index in [1.807, 2.05) is 42.5 Å². The summed E-state index contributed by atoms with van der Waals surface area (Å²) in [5.74, 6) is 1.55. The largest absolute Gasteiger partial charge is 0.461 e. The van der Waals surface area contributed by atoms with Crippen molar-refractivity contribution in [3.63, 3.8) is 0 Å². The fraction of sp³-hybridized carbons (Fsp3) is 0.241. The van der Waals surface area contributed by atoms with Crippen molar-refractivity contribution in [2.75, 3.05) is 18.0 Å². The minimum absolute atomic E-state index is 0.0555. The molecule has 2 aromatic carbocycles. The summed E-state index contributed by atoms with van der Waals surface area (Å²) in [7, 11) is 0. The average molecular weight is 471 g/mol. The first kappa shape index (κ1) is 23.0. The second-order valence-corrected chi connectivity index (χ2v) is 9.10. The number of hydrogen-bond donors (Lipinski definition) is 1. The molecule has 0 saturated carbocycles. The van der Waals surface area contributed by atoms with E-state index in [2.05, 4.69) is 9.88 Å². The van der Waals surface area contributed by atoms with Gasteiger partial charge in [-0.3, -0.25) is 4.79 Å². The number of piperidine rings is 1. The van der Waals surface area contributed by atoms with Crippen molar-refractivity contribution >= 4 is 11.6 Å². The van der Waals surface area contributed by atoms with Gasteiger partial charge in [0.1, 0.15) is 23.2 Å². The Labute approximate surface area is 203 Å². The van der Waals surface area contributed by atoms with E-state index in [0.717, 1.165) is 22.5 Å². The van der Waals surface area contributed by atoms with Gasteiger partial charge in [-0.05, 0) is 67.3 Å². The van der Waals surface area contributed by atoms with Crippen LogP contribution in [0.2, 0.25) is 0 Å². The van der Waals surface area contributed by atoms with Crippen molar-refractivity contribution in [1.29, 1.82) is 0 Å². The fourth-order valence-electron chi connectivity index (χ4n) is 4.65. The molecule has 0 atom stereocenters. The number of Topliss-reactive ketones (excluding diaryl/α,β-unsaturated/α-hetero) is 1. The van der Waals surface area contributed by atoms with Crippen molar-refractivity contribution < 1.29 is 18.7 Å². The van der Waals surface area contributed by atoms with Gasteiger partial charge in [0.15, 0.2) is 5.78 Å². The van der Waals surface area contributed by atoms with Gasteiger partial charge in [0.25, 0.3) is 0 Å². The molecule has 3 heterocycles. The Hall–Kier alpha value is -3.77. The predicted octanol–water partition coefficient (Wildman–Crippen LogP) is 5.70. The zero-order chi connectivity index (χ0) is 24.4. The third kappa shape index (κ3) is 4.88. The Bertz CT molecular complexity index is 1310. The van der Waals surface area contributed by atoms with Gasteiger partial charge in [0.2, 0.25) is 0 Å². The van der Waals surface area contributed by atoms with Crippen LogP contribution in [0.15, 0.2) is 83.4 Å². The van der Waals surface area contributed by atoms with Crippen LogP contribution in [0.4, 0.5) is 10.2 Å². The molecule has 1 saturated heterocycles. The van der Waals surface area contributed by atoms with E-state index in [1.165, 1.54) is 12.1 Å². The standard InChI is InChI=1S/C29H27FN2O3/c1-20-25(18-27(35-20)22-8-10-24(30)11-9-22)26(33)17-21-7-12-28(31-19-21)32-15-13-29(34,14-16-32)23-5-3-2-4-6-23/h2-12,18-19,34H,13-17H2,1H3. The number of ketones is 1. The summed E-state index contributed by atoms with van der Waals surface area (Å²) in [5, 5.41) is 11.1. The number of benzene rings is 2. The number of rotatable bonds is 6. The van der Waals surface area contributed by atoms with Crippen LogP contribution in [-0.2, 0) is 12.0 Å². The summed E-state index contributed by atoms with van der Waals surface area (Å²) in [6.07, 6.45) is 3.22. The summed E-state index contributed by atoms with van der Waals surface area (Å²) in [6.45, 7) is 3.17. The lowest BCUT2D eigenvalue weighted by molar-refractivity contribution is 0.0116. The molecule has 5 nitrogen and oxygen atoms in total. The monoisotopic (exact) mass is 470 g/mol. The zero-order valence-electron chi connectivity index (χ0n) is 19.6. The van der Waals surface area contributed by atoms with Crippen LogP contribution in [0.1, 0.15) is 40.1 Å². The van der Waals surface area contributed by atoms with Crippen molar-refractivity contribution in [3.8, 4) is 11.3 Å². The Morgan fingerprint density at radius 2 is 1.77 bits per heavy atom. The number of pyridine rings is 1. The quantitative estimate of drug-likeness (QED) is 0.366. The normalized spacial score (nSPS) is 15.2. The van der Waals surface area contributed by atoms with E-state index in [1.54, 1.807) is 31.3 Å². The molecular weight excluding hydrogens is 443 g/mol. The molecule has 0 radical (unpaired) electrons. The van der Waals surface area contributed by atoms with Crippen molar-refractivity contribution in [2.45, 2.75) is 31.8 Å². The van der Waals surface area contributed by atoms with Gasteiger partial charge < -0.3 is 14.4 Å². The van der Waals surface area contributed by atoms with Crippen LogP contribution in [0.25, 0.3) is 11.3 Å². The van der Waals surface area contributed by atoms with E-state index >= 15 is 0 Å². The molecule has 1 N–H and O–H groups in total. The number of hydrogen-bond acceptors (Lipinski definition) is 5. The van der Waals surface area contributed by atoms with E-state index in [9.17, 15) is 14.3 Å². The highest BCUT2D eigenvalue weighted by Crippen LogP contribution is 2.34. The third-order valence-corrected chi connectivity index (χ3v) is 6.75. The molecule has 0 amide bonds. The molecular formula is C29H27FN2O3. The summed E-state index contributed by atoms with van der Waals surface area (Å²) in [4.78, 5) is 19.7. The predicted molar refractivity (Wildman–Crippen MR) is 133 cm³/mol. The van der Waals surface area contributed by atoms with Crippen LogP contribution in [0.3, 0.4) is 0 Å². The fourth-order valence-corrected chi connectivity index (χ4v) is 4.65. The highest BCUT2D eigenvalue weighted by atomic mass is 19.1. The molecule has 5 rings (SSSR count). The van der Waals surface area contributed by atoms with Gasteiger partial charge in [0.05, 0.1) is 11.2 Å². The van der Waals surface area contributed by atoms with Crippen LogP contribution in [0, 0.1) is 12.7 Å². The minimum Gasteiger partial charge on any atom is -0.461 e. The molecule has 4 aromatic rings. The number of halogens is 1. The summed E-state index contributed by atoms with van der Waals surface area (Å²) < 4.78 is 19.0. The van der Waals surface area contributed by atoms with Gasteiger partial charge in [-0.15, -0.1) is 0 Å². The molecule has 6 heteroatoms. The first-order chi connectivity index (χ1) is 16.9. The average Bonchev–Trinajstić information content (AvgIpc) is 3.28. The number of carbonyl (C=O) groups excluding carboxylic acids is 1. The second kappa shape index (κ2) is 9.47. The number of aromatic nitrogens is 1. The van der Waals surface area contributed by atoms with E-state index in [4.69, 9.17) is 4.42 Å². The van der Waals surface area contributed by atoms with Crippen LogP contribution in [0.5, 0.6) is 0 Å². The lowest BCUT2D eigenvalue weighted by atomic mass is 9.84. The molecule has 0 unspecified atom stereocenters. The SMILES string of the molecule is Cc1oc(-c2ccc(F)cc2)cc1C(=O)Cc1ccc(N2CCC(O)(c3ccccc3)CC2)nc1. The topological polar surface area (TPSA) is 66.6 Å². The van der Waals surface area contributed by atoms with E-state index in [-0.39, 0.29) is 18.0 Å². The molecule has 35 heavy (non-hydrogen) atoms. The van der Waals surface area contributed by atoms with Crippen molar-refractivity contribution in [3.05, 3.63) is 107 Å². The lowest BCUT2D eigenvalue weighted by Gasteiger charge is -2.39. The number of nitrogens with zero attached hydrogens (tertiary/aromatic N) is 2. The summed E-state index contributed by atoms with van der Waals surface area (Å²) >= 11 is 0. The van der Waals surface area contributed by atoms with E-state index < -0.39 is 5.60 Å². The van der Waals surface area contributed by atoms with Gasteiger partial charge in [-0.2, -0.15) is 0 Å². The Morgan fingerprint density at radius 1 is 1.06 bits per heavy atom. The molecule has 1 aliphatic rings. The first-order valence-electron chi connectivity index (χ1n) is 11.8. The zero-order valence-corrected chi connectivity index (χ0v) is 19.6. The van der Waals surface area contributed by atoms with Gasteiger partial charge >= 0.3 is 0 Å². The number of anilines is 1. The maximum Gasteiger partial charge on any atom is 0.170 e. The highest BCUT2D eigenvalue weighted by Gasteiger charge is 2.34. The second-order valence-electron chi connectivity index (χ2n) is 9.10. The van der Waals surface area contributed by atoms with Gasteiger partial charge in [-0.25, -0.2) is 9.37 Å².